The fraction of sp³-hybridized carbons (Fsp3) is 0.381. The molecule has 0 bridgehead atoms. The lowest BCUT2D eigenvalue weighted by Gasteiger charge is -2.12. The van der Waals surface area contributed by atoms with Crippen LogP contribution < -0.4 is 0 Å². The van der Waals surface area contributed by atoms with Crippen LogP contribution >= 0.6 is 11.3 Å². The van der Waals surface area contributed by atoms with Crippen molar-refractivity contribution >= 4 is 37.4 Å². The Morgan fingerprint density at radius 2 is 1.91 bits per heavy atom. The number of hydrogen-bond acceptors (Lipinski definition) is 6. The molecular formula is C21H18F3N7S. The minimum Gasteiger partial charge on any atom is -0.258 e. The van der Waals surface area contributed by atoms with Gasteiger partial charge in [0.2, 0.25) is 0 Å². The van der Waals surface area contributed by atoms with Gasteiger partial charge < -0.3 is 0 Å². The van der Waals surface area contributed by atoms with E-state index in [9.17, 15) is 13.2 Å². The van der Waals surface area contributed by atoms with Crippen molar-refractivity contribution in [3.63, 3.8) is 0 Å². The Kier molecular flexibility index (Phi) is 3.96. The maximum atomic E-state index is 13.3. The summed E-state index contributed by atoms with van der Waals surface area (Å²) in [7, 11) is 0. The Hall–Kier alpha value is -3.08. The molecule has 11 heteroatoms. The molecule has 0 radical (unpaired) electrons. The van der Waals surface area contributed by atoms with Crippen LogP contribution in [0.2, 0.25) is 0 Å². The number of nitrogens with zero attached hydrogens (tertiary/aromatic N) is 7. The van der Waals surface area contributed by atoms with Crippen molar-refractivity contribution in [3.8, 4) is 0 Å². The van der Waals surface area contributed by atoms with Gasteiger partial charge in [-0.1, -0.05) is 0 Å². The molecule has 0 N–H and O–H groups in total. The topological polar surface area (TPSA) is 73.8 Å². The number of rotatable bonds is 3. The first kappa shape index (κ1) is 19.6. The smallest absolute Gasteiger partial charge is 0.258 e. The minimum absolute atomic E-state index is 0.103. The van der Waals surface area contributed by atoms with Crippen LogP contribution in [0.4, 0.5) is 13.2 Å². The van der Waals surface area contributed by atoms with Gasteiger partial charge in [0.1, 0.15) is 21.9 Å². The van der Waals surface area contributed by atoms with Crippen LogP contribution in [0.1, 0.15) is 60.2 Å². The largest absolute Gasteiger partial charge is 0.435 e. The van der Waals surface area contributed by atoms with Crippen LogP contribution in [-0.2, 0) is 6.18 Å². The van der Waals surface area contributed by atoms with E-state index in [2.05, 4.69) is 20.2 Å². The predicted molar refractivity (Wildman–Crippen MR) is 114 cm³/mol. The van der Waals surface area contributed by atoms with Gasteiger partial charge in [-0.15, -0.1) is 16.4 Å². The summed E-state index contributed by atoms with van der Waals surface area (Å²) in [6.07, 6.45) is -1.16. The molecule has 0 aromatic carbocycles. The van der Waals surface area contributed by atoms with Crippen LogP contribution in [0, 0.1) is 13.8 Å². The van der Waals surface area contributed by atoms with E-state index in [-0.39, 0.29) is 5.92 Å². The maximum absolute atomic E-state index is 13.3. The van der Waals surface area contributed by atoms with Gasteiger partial charge >= 0.3 is 6.18 Å². The molecule has 1 unspecified atom stereocenters. The number of pyridine rings is 1. The molecule has 1 saturated carbocycles. The number of halogens is 3. The summed E-state index contributed by atoms with van der Waals surface area (Å²) >= 11 is 1.50. The third-order valence-electron chi connectivity index (χ3n) is 5.90. The molecule has 1 fully saturated rings. The molecule has 1 aliphatic rings. The van der Waals surface area contributed by atoms with E-state index in [0.29, 0.717) is 17.2 Å². The zero-order valence-electron chi connectivity index (χ0n) is 17.5. The van der Waals surface area contributed by atoms with Gasteiger partial charge in [0, 0.05) is 22.7 Å². The third-order valence-corrected chi connectivity index (χ3v) is 6.97. The zero-order valence-corrected chi connectivity index (χ0v) is 18.3. The van der Waals surface area contributed by atoms with Crippen LogP contribution in [0.3, 0.4) is 0 Å². The lowest BCUT2D eigenvalue weighted by atomic mass is 10.1. The van der Waals surface area contributed by atoms with E-state index >= 15 is 0 Å². The number of hydrogen-bond donors (Lipinski definition) is 0. The van der Waals surface area contributed by atoms with Crippen LogP contribution in [-0.4, -0.2) is 34.3 Å². The predicted octanol–water partition coefficient (Wildman–Crippen LogP) is 5.21. The second-order valence-electron chi connectivity index (χ2n) is 8.37. The van der Waals surface area contributed by atoms with Crippen molar-refractivity contribution in [2.45, 2.75) is 51.7 Å². The Bertz CT molecular complexity index is 1520. The highest BCUT2D eigenvalue weighted by Gasteiger charge is 2.39. The molecule has 5 heterocycles. The number of aromatic nitrogens is 7. The number of alkyl halides is 3. The number of aryl methyl sites for hydroxylation is 2. The Balaban J connectivity index is 1.51. The van der Waals surface area contributed by atoms with E-state index in [1.807, 2.05) is 19.9 Å². The summed E-state index contributed by atoms with van der Waals surface area (Å²) in [6.45, 7) is 5.76. The molecule has 32 heavy (non-hydrogen) atoms. The average Bonchev–Trinajstić information content (AvgIpc) is 3.15. The fourth-order valence-electron chi connectivity index (χ4n) is 4.21. The Morgan fingerprint density at radius 1 is 1.12 bits per heavy atom. The van der Waals surface area contributed by atoms with E-state index in [1.165, 1.54) is 16.0 Å². The lowest BCUT2D eigenvalue weighted by molar-refractivity contribution is -0.141. The molecule has 1 aliphatic carbocycles. The zero-order chi connectivity index (χ0) is 22.4. The normalized spacial score (nSPS) is 15.9. The van der Waals surface area contributed by atoms with Crippen molar-refractivity contribution in [3.05, 3.63) is 46.9 Å². The molecule has 164 valence electrons. The molecule has 5 aromatic heterocycles. The van der Waals surface area contributed by atoms with Crippen molar-refractivity contribution in [1.29, 1.82) is 0 Å². The van der Waals surface area contributed by atoms with Crippen molar-refractivity contribution in [1.82, 2.24) is 34.3 Å². The highest BCUT2D eigenvalue weighted by Crippen LogP contribution is 2.43. The molecule has 0 saturated heterocycles. The van der Waals surface area contributed by atoms with E-state index in [1.54, 1.807) is 17.8 Å². The monoisotopic (exact) mass is 457 g/mol. The Labute approximate surface area is 183 Å². The number of thiophene rings is 1. The first-order valence-electron chi connectivity index (χ1n) is 10.3. The molecule has 7 nitrogen and oxygen atoms in total. The highest BCUT2D eigenvalue weighted by atomic mass is 32.1. The molecule has 0 aliphatic heterocycles. The van der Waals surface area contributed by atoms with E-state index < -0.39 is 17.9 Å². The Morgan fingerprint density at radius 3 is 2.62 bits per heavy atom. The minimum atomic E-state index is -4.49. The molecule has 1 atom stereocenters. The highest BCUT2D eigenvalue weighted by molar-refractivity contribution is 7.26. The lowest BCUT2D eigenvalue weighted by Crippen LogP contribution is -2.15. The first-order chi connectivity index (χ1) is 15.2. The third kappa shape index (κ3) is 2.90. The van der Waals surface area contributed by atoms with Gasteiger partial charge in [0.05, 0.1) is 5.52 Å². The molecular weight excluding hydrogens is 439 g/mol. The van der Waals surface area contributed by atoms with Gasteiger partial charge in [-0.25, -0.2) is 19.5 Å². The standard InChI is InChI=1S/C21H18F3N7S/c1-9-6-10(2)26-20-15(9)16-17(32-20)19-27-18(29-30(19)8-25-16)11(3)31-13(12-4-5-12)7-14(28-31)21(22,23)24/h6-8,11-12H,4-5H2,1-3H3. The van der Waals surface area contributed by atoms with Gasteiger partial charge in [-0.05, 0) is 51.3 Å². The van der Waals surface area contributed by atoms with Gasteiger partial charge in [0.25, 0.3) is 0 Å². The van der Waals surface area contributed by atoms with Gasteiger partial charge in [-0.3, -0.25) is 4.68 Å². The van der Waals surface area contributed by atoms with E-state index in [4.69, 9.17) is 4.98 Å². The second kappa shape index (κ2) is 6.47. The van der Waals surface area contributed by atoms with Gasteiger partial charge in [-0.2, -0.15) is 18.3 Å². The summed E-state index contributed by atoms with van der Waals surface area (Å²) in [6, 6.07) is 2.63. The van der Waals surface area contributed by atoms with Crippen molar-refractivity contribution < 1.29 is 13.2 Å². The van der Waals surface area contributed by atoms with Crippen LogP contribution in [0.25, 0.3) is 26.1 Å². The summed E-state index contributed by atoms with van der Waals surface area (Å²) < 4.78 is 43.8. The first-order valence-corrected chi connectivity index (χ1v) is 11.1. The van der Waals surface area contributed by atoms with Crippen molar-refractivity contribution in [2.24, 2.45) is 0 Å². The molecule has 5 aromatic rings. The summed E-state index contributed by atoms with van der Waals surface area (Å²) in [4.78, 5) is 14.8. The van der Waals surface area contributed by atoms with Crippen LogP contribution in [0.15, 0.2) is 18.5 Å². The van der Waals surface area contributed by atoms with Crippen molar-refractivity contribution in [2.75, 3.05) is 0 Å². The van der Waals surface area contributed by atoms with E-state index in [0.717, 1.165) is 50.6 Å². The maximum Gasteiger partial charge on any atom is 0.435 e. The SMILES string of the molecule is Cc1cc(C)c2c(n1)sc1c2ncn2nc(C(C)n3nc(C(F)(F)F)cc3C3CC3)nc12. The van der Waals surface area contributed by atoms with Crippen LogP contribution in [0.5, 0.6) is 0 Å². The summed E-state index contributed by atoms with van der Waals surface area (Å²) in [5.41, 5.74) is 3.16. The fourth-order valence-corrected chi connectivity index (χ4v) is 5.44. The average molecular weight is 457 g/mol. The van der Waals surface area contributed by atoms with Gasteiger partial charge in [0.15, 0.2) is 17.2 Å². The summed E-state index contributed by atoms with van der Waals surface area (Å²) in [5.74, 6) is 0.502. The number of fused-ring (bicyclic) bond motifs is 5. The molecule has 0 spiro atoms. The summed E-state index contributed by atoms with van der Waals surface area (Å²) in [5, 5.41) is 9.41. The molecule has 0 amide bonds. The quantitative estimate of drug-likeness (QED) is 0.372. The molecule has 6 rings (SSSR count). The second-order valence-corrected chi connectivity index (χ2v) is 9.37.